The SMILES string of the molecule is O=C(OCc1ccccc1COC(=O)c1ccc(OCc2ccccc2COC(=O)c2ccc(O)cc2)cc1)c1ccc(O)cc1. The van der Waals surface area contributed by atoms with Gasteiger partial charge in [0.15, 0.2) is 0 Å². The van der Waals surface area contributed by atoms with Gasteiger partial charge in [-0.3, -0.25) is 0 Å². The largest absolute Gasteiger partial charge is 0.508 e. The summed E-state index contributed by atoms with van der Waals surface area (Å²) in [4.78, 5) is 37.5. The van der Waals surface area contributed by atoms with Crippen LogP contribution in [0, 0.1) is 0 Å². The van der Waals surface area contributed by atoms with Crippen LogP contribution in [-0.4, -0.2) is 28.1 Å². The average molecular weight is 619 g/mol. The highest BCUT2D eigenvalue weighted by molar-refractivity contribution is 5.90. The van der Waals surface area contributed by atoms with Crippen molar-refractivity contribution in [1.82, 2.24) is 0 Å². The number of esters is 3. The number of phenolic OH excluding ortho intramolecular Hbond substituents is 2. The van der Waals surface area contributed by atoms with Crippen LogP contribution in [0.1, 0.15) is 53.3 Å². The van der Waals surface area contributed by atoms with Gasteiger partial charge in [0.25, 0.3) is 0 Å². The Balaban J connectivity index is 1.11. The molecule has 5 aromatic rings. The van der Waals surface area contributed by atoms with E-state index in [0.29, 0.717) is 33.6 Å². The summed E-state index contributed by atoms with van der Waals surface area (Å²) in [6, 6.07) is 32.8. The van der Waals surface area contributed by atoms with E-state index in [0.717, 1.165) is 11.1 Å². The average Bonchev–Trinajstić information content (AvgIpc) is 3.09. The lowest BCUT2D eigenvalue weighted by molar-refractivity contribution is 0.0435. The van der Waals surface area contributed by atoms with Gasteiger partial charge >= 0.3 is 17.9 Å². The molecule has 0 fully saturated rings. The molecule has 5 aromatic carbocycles. The lowest BCUT2D eigenvalue weighted by Crippen LogP contribution is -2.09. The van der Waals surface area contributed by atoms with Crippen molar-refractivity contribution in [3.8, 4) is 17.2 Å². The number of hydrogen-bond acceptors (Lipinski definition) is 9. The third-order valence-corrected chi connectivity index (χ3v) is 7.00. The van der Waals surface area contributed by atoms with Crippen LogP contribution < -0.4 is 4.74 Å². The predicted octanol–water partition coefficient (Wildman–Crippen LogP) is 6.75. The molecule has 0 aromatic heterocycles. The lowest BCUT2D eigenvalue weighted by Gasteiger charge is -2.13. The molecule has 0 aliphatic heterocycles. The van der Waals surface area contributed by atoms with Crippen LogP contribution in [0.3, 0.4) is 0 Å². The Bertz CT molecular complexity index is 1790. The summed E-state index contributed by atoms with van der Waals surface area (Å²) in [6.07, 6.45) is 0. The Morgan fingerprint density at radius 3 is 1.07 bits per heavy atom. The number of aromatic hydroxyl groups is 2. The van der Waals surface area contributed by atoms with Crippen molar-refractivity contribution in [2.45, 2.75) is 26.4 Å². The molecule has 0 aliphatic rings. The van der Waals surface area contributed by atoms with Crippen LogP contribution in [-0.2, 0) is 40.6 Å². The minimum atomic E-state index is -0.536. The molecule has 0 spiro atoms. The highest BCUT2D eigenvalue weighted by Crippen LogP contribution is 2.20. The van der Waals surface area contributed by atoms with Crippen molar-refractivity contribution in [3.05, 3.63) is 160 Å². The normalized spacial score (nSPS) is 10.5. The fraction of sp³-hybridized carbons (Fsp3) is 0.108. The van der Waals surface area contributed by atoms with E-state index in [1.54, 1.807) is 48.5 Å². The van der Waals surface area contributed by atoms with Gasteiger partial charge in [0.2, 0.25) is 0 Å². The fourth-order valence-corrected chi connectivity index (χ4v) is 4.40. The molecule has 0 unspecified atom stereocenters. The molecule has 0 saturated heterocycles. The van der Waals surface area contributed by atoms with Crippen molar-refractivity contribution in [1.29, 1.82) is 0 Å². The van der Waals surface area contributed by atoms with Gasteiger partial charge in [0, 0.05) is 0 Å². The van der Waals surface area contributed by atoms with Crippen molar-refractivity contribution >= 4 is 17.9 Å². The molecule has 0 saturated carbocycles. The van der Waals surface area contributed by atoms with E-state index in [1.165, 1.54) is 48.5 Å². The molecule has 5 rings (SSSR count). The van der Waals surface area contributed by atoms with E-state index in [-0.39, 0.29) is 37.9 Å². The first-order chi connectivity index (χ1) is 22.4. The number of hydrogen-bond donors (Lipinski definition) is 2. The van der Waals surface area contributed by atoms with Crippen LogP contribution in [0.4, 0.5) is 0 Å². The second-order valence-electron chi connectivity index (χ2n) is 10.2. The quantitative estimate of drug-likeness (QED) is 0.115. The smallest absolute Gasteiger partial charge is 0.338 e. The topological polar surface area (TPSA) is 129 Å². The van der Waals surface area contributed by atoms with E-state index in [1.807, 2.05) is 24.3 Å². The number of carbonyl (C=O) groups is 3. The Kier molecular flexibility index (Phi) is 10.3. The van der Waals surface area contributed by atoms with E-state index in [9.17, 15) is 24.6 Å². The summed E-state index contributed by atoms with van der Waals surface area (Å²) < 4.78 is 22.3. The summed E-state index contributed by atoms with van der Waals surface area (Å²) >= 11 is 0. The molecule has 0 heterocycles. The monoisotopic (exact) mass is 618 g/mol. The van der Waals surface area contributed by atoms with Crippen LogP contribution in [0.2, 0.25) is 0 Å². The van der Waals surface area contributed by atoms with Crippen molar-refractivity contribution in [3.63, 3.8) is 0 Å². The minimum absolute atomic E-state index is 0.0105. The maximum Gasteiger partial charge on any atom is 0.338 e. The van der Waals surface area contributed by atoms with E-state index in [2.05, 4.69) is 0 Å². The van der Waals surface area contributed by atoms with Crippen molar-refractivity contribution in [2.75, 3.05) is 0 Å². The molecular formula is C37H30O9. The first-order valence-electron chi connectivity index (χ1n) is 14.3. The molecule has 9 nitrogen and oxygen atoms in total. The third-order valence-electron chi connectivity index (χ3n) is 7.00. The highest BCUT2D eigenvalue weighted by Gasteiger charge is 2.13. The van der Waals surface area contributed by atoms with Gasteiger partial charge in [0.1, 0.15) is 43.7 Å². The molecule has 0 bridgehead atoms. The summed E-state index contributed by atoms with van der Waals surface area (Å²) in [5.41, 5.74) is 3.99. The van der Waals surface area contributed by atoms with Gasteiger partial charge in [-0.05, 0) is 95.1 Å². The molecule has 46 heavy (non-hydrogen) atoms. The molecule has 0 atom stereocenters. The summed E-state index contributed by atoms with van der Waals surface area (Å²) in [5, 5.41) is 18.8. The number of benzene rings is 5. The van der Waals surface area contributed by atoms with Crippen LogP contribution >= 0.6 is 0 Å². The first kappa shape index (κ1) is 31.3. The van der Waals surface area contributed by atoms with Crippen molar-refractivity contribution in [2.24, 2.45) is 0 Å². The Morgan fingerprint density at radius 1 is 0.413 bits per heavy atom. The van der Waals surface area contributed by atoms with Gasteiger partial charge in [-0.1, -0.05) is 48.5 Å². The lowest BCUT2D eigenvalue weighted by atomic mass is 10.1. The van der Waals surface area contributed by atoms with E-state index in [4.69, 9.17) is 18.9 Å². The number of phenols is 2. The standard InChI is InChI=1S/C37H30O9/c38-32-15-9-25(10-16-32)35(40)44-22-29-6-2-1-5-28(29)21-43-34-19-13-27(14-20-34)37(42)46-24-31-8-4-3-7-30(31)23-45-36(41)26-11-17-33(39)18-12-26/h1-20,38-39H,21-24H2. The van der Waals surface area contributed by atoms with Crippen molar-refractivity contribution < 1.29 is 43.5 Å². The molecule has 0 radical (unpaired) electrons. The van der Waals surface area contributed by atoms with Gasteiger partial charge in [-0.2, -0.15) is 0 Å². The number of ether oxygens (including phenoxy) is 4. The highest BCUT2D eigenvalue weighted by atomic mass is 16.5. The van der Waals surface area contributed by atoms with E-state index >= 15 is 0 Å². The van der Waals surface area contributed by atoms with E-state index < -0.39 is 17.9 Å². The minimum Gasteiger partial charge on any atom is -0.508 e. The molecule has 0 amide bonds. The summed E-state index contributed by atoms with van der Waals surface area (Å²) in [7, 11) is 0. The molecular weight excluding hydrogens is 588 g/mol. The summed E-state index contributed by atoms with van der Waals surface area (Å²) in [6.45, 7) is 0.237. The predicted molar refractivity (Wildman–Crippen MR) is 167 cm³/mol. The maximum absolute atomic E-state index is 12.8. The Labute approximate surface area is 265 Å². The van der Waals surface area contributed by atoms with Gasteiger partial charge < -0.3 is 29.2 Å². The second-order valence-corrected chi connectivity index (χ2v) is 10.2. The van der Waals surface area contributed by atoms with Gasteiger partial charge in [-0.25, -0.2) is 14.4 Å². The van der Waals surface area contributed by atoms with Crippen LogP contribution in [0.25, 0.3) is 0 Å². The fourth-order valence-electron chi connectivity index (χ4n) is 4.40. The zero-order valence-electron chi connectivity index (χ0n) is 24.6. The molecule has 9 heteroatoms. The first-order valence-corrected chi connectivity index (χ1v) is 14.3. The Morgan fingerprint density at radius 2 is 0.717 bits per heavy atom. The molecule has 2 N–H and O–H groups in total. The maximum atomic E-state index is 12.8. The zero-order chi connectivity index (χ0) is 32.3. The zero-order valence-corrected chi connectivity index (χ0v) is 24.6. The third kappa shape index (κ3) is 8.51. The van der Waals surface area contributed by atoms with Crippen LogP contribution in [0.5, 0.6) is 17.2 Å². The molecule has 0 aliphatic carbocycles. The van der Waals surface area contributed by atoms with Gasteiger partial charge in [0.05, 0.1) is 16.7 Å². The number of rotatable bonds is 12. The summed E-state index contributed by atoms with van der Waals surface area (Å²) in [5.74, 6) is -0.911. The van der Waals surface area contributed by atoms with Gasteiger partial charge in [-0.15, -0.1) is 0 Å². The second kappa shape index (κ2) is 15.1. The van der Waals surface area contributed by atoms with Crippen LogP contribution in [0.15, 0.2) is 121 Å². The molecule has 232 valence electrons. The number of carbonyl (C=O) groups excluding carboxylic acids is 3. The Hall–Kier alpha value is -6.09.